The van der Waals surface area contributed by atoms with Gasteiger partial charge in [-0.1, -0.05) is 6.92 Å². The molecule has 8 heteroatoms. The van der Waals surface area contributed by atoms with Crippen molar-refractivity contribution in [1.29, 1.82) is 0 Å². The van der Waals surface area contributed by atoms with Crippen LogP contribution < -0.4 is 16.6 Å². The molecule has 0 unspecified atom stereocenters. The van der Waals surface area contributed by atoms with Gasteiger partial charge in [-0.25, -0.2) is 9.78 Å². The van der Waals surface area contributed by atoms with Gasteiger partial charge in [-0.2, -0.15) is 0 Å². The molecular formula is C15H20N4O3S. The molecule has 124 valence electrons. The topological polar surface area (TPSA) is 86.0 Å². The van der Waals surface area contributed by atoms with Crippen molar-refractivity contribution in [3.05, 3.63) is 32.6 Å². The number of rotatable bonds is 5. The van der Waals surface area contributed by atoms with Crippen molar-refractivity contribution in [3.8, 4) is 0 Å². The summed E-state index contributed by atoms with van der Waals surface area (Å²) in [7, 11) is 3.02. The van der Waals surface area contributed by atoms with Crippen LogP contribution in [0.4, 0.5) is 0 Å². The molecule has 1 N–H and O–H groups in total. The molecule has 0 aliphatic carbocycles. The number of pyridine rings is 1. The smallest absolute Gasteiger partial charge is 0.332 e. The highest BCUT2D eigenvalue weighted by Crippen LogP contribution is 2.27. The minimum atomic E-state index is -0.421. The third-order valence-electron chi connectivity index (χ3n) is 3.52. The summed E-state index contributed by atoms with van der Waals surface area (Å²) in [5.41, 5.74) is 0.327. The predicted molar refractivity (Wildman–Crippen MR) is 91.0 cm³/mol. The molecule has 0 radical (unpaired) electrons. The number of amides is 1. The van der Waals surface area contributed by atoms with E-state index in [-0.39, 0.29) is 11.7 Å². The van der Waals surface area contributed by atoms with Crippen molar-refractivity contribution >= 4 is 28.7 Å². The van der Waals surface area contributed by atoms with E-state index in [1.54, 1.807) is 13.2 Å². The van der Waals surface area contributed by atoms with Crippen LogP contribution in [-0.4, -0.2) is 32.3 Å². The molecule has 0 fully saturated rings. The second-order valence-corrected chi connectivity index (χ2v) is 6.30. The van der Waals surface area contributed by atoms with Gasteiger partial charge in [0.15, 0.2) is 0 Å². The fourth-order valence-corrected chi connectivity index (χ4v) is 3.22. The molecule has 2 aromatic rings. The lowest BCUT2D eigenvalue weighted by molar-refractivity contribution is -0.118. The summed E-state index contributed by atoms with van der Waals surface area (Å²) in [4.78, 5) is 41.2. The summed E-state index contributed by atoms with van der Waals surface area (Å²) >= 11 is 1.29. The van der Waals surface area contributed by atoms with Crippen molar-refractivity contribution in [1.82, 2.24) is 19.4 Å². The summed E-state index contributed by atoms with van der Waals surface area (Å²) in [6.07, 6.45) is 2.49. The molecule has 0 aliphatic heterocycles. The van der Waals surface area contributed by atoms with Gasteiger partial charge in [-0.3, -0.25) is 18.7 Å². The van der Waals surface area contributed by atoms with Crippen LogP contribution in [-0.2, 0) is 18.9 Å². The third-order valence-corrected chi connectivity index (χ3v) is 4.74. The minimum Gasteiger partial charge on any atom is -0.355 e. The first-order chi connectivity index (χ1) is 10.9. The van der Waals surface area contributed by atoms with E-state index in [0.29, 0.717) is 22.5 Å². The average molecular weight is 336 g/mol. The van der Waals surface area contributed by atoms with Crippen LogP contribution in [0.25, 0.3) is 11.0 Å². The number of hydrogen-bond acceptors (Lipinski definition) is 5. The maximum Gasteiger partial charge on any atom is 0.332 e. The zero-order valence-corrected chi connectivity index (χ0v) is 14.5. The Morgan fingerprint density at radius 2 is 2.00 bits per heavy atom. The van der Waals surface area contributed by atoms with Crippen molar-refractivity contribution < 1.29 is 4.79 Å². The largest absolute Gasteiger partial charge is 0.355 e. The van der Waals surface area contributed by atoms with Crippen molar-refractivity contribution in [2.75, 3.05) is 12.3 Å². The molecule has 7 nitrogen and oxygen atoms in total. The van der Waals surface area contributed by atoms with Crippen LogP contribution in [0.3, 0.4) is 0 Å². The van der Waals surface area contributed by atoms with Crippen LogP contribution in [0.2, 0.25) is 0 Å². The lowest BCUT2D eigenvalue weighted by Crippen LogP contribution is -2.37. The molecule has 0 saturated heterocycles. The van der Waals surface area contributed by atoms with Gasteiger partial charge < -0.3 is 5.32 Å². The Bertz CT molecular complexity index is 870. The van der Waals surface area contributed by atoms with Crippen molar-refractivity contribution in [2.45, 2.75) is 25.2 Å². The Morgan fingerprint density at radius 1 is 1.30 bits per heavy atom. The van der Waals surface area contributed by atoms with Crippen molar-refractivity contribution in [2.24, 2.45) is 14.1 Å². The molecule has 0 aliphatic rings. The van der Waals surface area contributed by atoms with Gasteiger partial charge >= 0.3 is 5.69 Å². The highest BCUT2D eigenvalue weighted by atomic mass is 32.2. The minimum absolute atomic E-state index is 0.0807. The third kappa shape index (κ3) is 3.31. The maximum absolute atomic E-state index is 12.5. The first kappa shape index (κ1) is 17.3. The summed E-state index contributed by atoms with van der Waals surface area (Å²) in [5, 5.41) is 3.18. The number of aromatic nitrogens is 3. The Morgan fingerprint density at radius 3 is 2.65 bits per heavy atom. The normalized spacial score (nSPS) is 11.0. The molecule has 2 rings (SSSR count). The summed E-state index contributed by atoms with van der Waals surface area (Å²) in [6.45, 7) is 4.45. The molecule has 0 bridgehead atoms. The first-order valence-electron chi connectivity index (χ1n) is 7.33. The number of fused-ring (bicyclic) bond motifs is 1. The van der Waals surface area contributed by atoms with E-state index < -0.39 is 11.2 Å². The second kappa shape index (κ2) is 6.99. The monoisotopic (exact) mass is 336 g/mol. The molecule has 23 heavy (non-hydrogen) atoms. The lowest BCUT2D eigenvalue weighted by Gasteiger charge is -2.12. The number of nitrogens with zero attached hydrogens (tertiary/aromatic N) is 3. The Kier molecular flexibility index (Phi) is 5.25. The molecule has 0 spiro atoms. The van der Waals surface area contributed by atoms with Gasteiger partial charge in [0.25, 0.3) is 5.56 Å². The lowest BCUT2D eigenvalue weighted by atomic mass is 10.2. The number of thioether (sulfide) groups is 1. The standard InChI is InChI=1S/C15H20N4O3S/c1-5-6-16-10(20)8-23-12-9(2)7-17-13-11(12)14(21)19(4)15(22)18(13)3/h7H,5-6,8H2,1-4H3,(H,16,20). The number of hydrogen-bond donors (Lipinski definition) is 1. The van der Waals surface area contributed by atoms with Crippen LogP contribution in [0, 0.1) is 6.92 Å². The first-order valence-corrected chi connectivity index (χ1v) is 8.31. The molecule has 2 heterocycles. The van der Waals surface area contributed by atoms with Crippen LogP contribution in [0.5, 0.6) is 0 Å². The SMILES string of the molecule is CCCNC(=O)CSc1c(C)cnc2c1c(=O)n(C)c(=O)n2C. The van der Waals surface area contributed by atoms with E-state index >= 15 is 0 Å². The quantitative estimate of drug-likeness (QED) is 0.806. The van der Waals surface area contributed by atoms with Gasteiger partial charge in [-0.15, -0.1) is 11.8 Å². The number of carbonyl (C=O) groups is 1. The van der Waals surface area contributed by atoms with Gasteiger partial charge in [0.1, 0.15) is 5.65 Å². The van der Waals surface area contributed by atoms with Gasteiger partial charge in [0.2, 0.25) is 5.91 Å². The Labute approximate surface area is 137 Å². The van der Waals surface area contributed by atoms with E-state index in [2.05, 4.69) is 10.3 Å². The van der Waals surface area contributed by atoms with E-state index in [9.17, 15) is 14.4 Å². The van der Waals surface area contributed by atoms with E-state index in [4.69, 9.17) is 0 Å². The molecule has 2 aromatic heterocycles. The van der Waals surface area contributed by atoms with Gasteiger partial charge in [0, 0.05) is 31.7 Å². The van der Waals surface area contributed by atoms with E-state index in [1.807, 2.05) is 13.8 Å². The zero-order chi connectivity index (χ0) is 17.1. The maximum atomic E-state index is 12.5. The van der Waals surface area contributed by atoms with Crippen LogP contribution in [0.1, 0.15) is 18.9 Å². The molecule has 0 atom stereocenters. The van der Waals surface area contributed by atoms with E-state index in [1.165, 1.54) is 23.4 Å². The van der Waals surface area contributed by atoms with E-state index in [0.717, 1.165) is 16.6 Å². The number of aryl methyl sites for hydroxylation is 2. The highest BCUT2D eigenvalue weighted by molar-refractivity contribution is 8.00. The van der Waals surface area contributed by atoms with Crippen LogP contribution >= 0.6 is 11.8 Å². The van der Waals surface area contributed by atoms with Crippen LogP contribution in [0.15, 0.2) is 20.7 Å². The van der Waals surface area contributed by atoms with Crippen molar-refractivity contribution in [3.63, 3.8) is 0 Å². The fourth-order valence-electron chi connectivity index (χ4n) is 2.24. The number of carbonyl (C=O) groups excluding carboxylic acids is 1. The highest BCUT2D eigenvalue weighted by Gasteiger charge is 2.16. The molecule has 0 saturated carbocycles. The molecule has 0 aromatic carbocycles. The van der Waals surface area contributed by atoms with Gasteiger partial charge in [-0.05, 0) is 18.9 Å². The average Bonchev–Trinajstić information content (AvgIpc) is 2.54. The summed E-state index contributed by atoms with van der Waals surface area (Å²) in [5.74, 6) is 0.134. The second-order valence-electron chi connectivity index (χ2n) is 5.31. The summed E-state index contributed by atoms with van der Waals surface area (Å²) < 4.78 is 2.40. The zero-order valence-electron chi connectivity index (χ0n) is 13.7. The number of nitrogens with one attached hydrogen (secondary N) is 1. The summed E-state index contributed by atoms with van der Waals surface area (Å²) in [6, 6.07) is 0. The fraction of sp³-hybridized carbons (Fsp3) is 0.467. The predicted octanol–water partition coefficient (Wildman–Crippen LogP) is 0.559. The molecule has 1 amide bonds. The molecular weight excluding hydrogens is 316 g/mol. The Balaban J connectivity index is 2.51. The van der Waals surface area contributed by atoms with Gasteiger partial charge in [0.05, 0.1) is 11.1 Å². The Hall–Kier alpha value is -2.09.